The highest BCUT2D eigenvalue weighted by molar-refractivity contribution is 5.86. The molecule has 0 aromatic heterocycles. The second-order valence-corrected chi connectivity index (χ2v) is 6.30. The molecule has 0 atom stereocenters. The number of amides is 2. The summed E-state index contributed by atoms with van der Waals surface area (Å²) in [6.07, 6.45) is 4.16. The fourth-order valence-electron chi connectivity index (χ4n) is 2.69. The first kappa shape index (κ1) is 18.0. The average molecular weight is 331 g/mol. The lowest BCUT2D eigenvalue weighted by Crippen LogP contribution is -2.38. The van der Waals surface area contributed by atoms with Crippen molar-refractivity contribution in [2.75, 3.05) is 14.1 Å². The summed E-state index contributed by atoms with van der Waals surface area (Å²) >= 11 is 0. The normalized spacial score (nSPS) is 20.6. The first-order valence-electron chi connectivity index (χ1n) is 8.26. The summed E-state index contributed by atoms with van der Waals surface area (Å²) in [6, 6.07) is 9.64. The highest BCUT2D eigenvalue weighted by Crippen LogP contribution is 2.25. The summed E-state index contributed by atoms with van der Waals surface area (Å²) in [5.74, 6) is -0.117. The van der Waals surface area contributed by atoms with Crippen LogP contribution in [0.4, 0.5) is 4.79 Å². The van der Waals surface area contributed by atoms with Gasteiger partial charge in [-0.25, -0.2) is 9.79 Å². The van der Waals surface area contributed by atoms with Gasteiger partial charge in [-0.05, 0) is 31.2 Å². The van der Waals surface area contributed by atoms with Crippen LogP contribution in [0.1, 0.15) is 31.2 Å². The van der Waals surface area contributed by atoms with E-state index in [1.54, 1.807) is 4.90 Å². The summed E-state index contributed by atoms with van der Waals surface area (Å²) in [6.45, 7) is 0.264. The summed E-state index contributed by atoms with van der Waals surface area (Å²) < 4.78 is 5.22. The molecule has 0 heterocycles. The van der Waals surface area contributed by atoms with Crippen molar-refractivity contribution >= 4 is 18.3 Å². The van der Waals surface area contributed by atoms with Crippen LogP contribution in [0.5, 0.6) is 0 Å². The van der Waals surface area contributed by atoms with Gasteiger partial charge in [0.2, 0.25) is 5.91 Å². The van der Waals surface area contributed by atoms with E-state index < -0.39 is 6.09 Å². The molecule has 0 unspecified atom stereocenters. The van der Waals surface area contributed by atoms with Gasteiger partial charge in [0.1, 0.15) is 6.61 Å². The third-order valence-corrected chi connectivity index (χ3v) is 4.03. The smallest absolute Gasteiger partial charge is 0.407 e. The van der Waals surface area contributed by atoms with E-state index in [4.69, 9.17) is 4.74 Å². The van der Waals surface area contributed by atoms with Gasteiger partial charge in [0.15, 0.2) is 0 Å². The molecule has 1 aromatic rings. The zero-order valence-electron chi connectivity index (χ0n) is 14.3. The third kappa shape index (κ3) is 6.02. The number of alkyl carbamates (subject to hydrolysis) is 1. The summed E-state index contributed by atoms with van der Waals surface area (Å²) in [5.41, 5.74) is 0.959. The second kappa shape index (κ2) is 9.05. The number of aliphatic imine (C=N–C) groups is 1. The molecule has 0 radical (unpaired) electrons. The lowest BCUT2D eigenvalue weighted by molar-refractivity contribution is -0.122. The predicted octanol–water partition coefficient (Wildman–Crippen LogP) is 2.59. The summed E-state index contributed by atoms with van der Waals surface area (Å²) in [4.78, 5) is 29.5. The van der Waals surface area contributed by atoms with E-state index in [1.165, 1.54) is 6.34 Å². The van der Waals surface area contributed by atoms with Gasteiger partial charge in [0, 0.05) is 26.1 Å². The summed E-state index contributed by atoms with van der Waals surface area (Å²) in [5, 5.41) is 2.88. The molecular weight excluding hydrogens is 306 g/mol. The van der Waals surface area contributed by atoms with Gasteiger partial charge < -0.3 is 15.0 Å². The first-order chi connectivity index (χ1) is 11.5. The van der Waals surface area contributed by atoms with Crippen molar-refractivity contribution in [3.05, 3.63) is 35.9 Å². The van der Waals surface area contributed by atoms with Crippen molar-refractivity contribution in [3.63, 3.8) is 0 Å². The third-order valence-electron chi connectivity index (χ3n) is 4.03. The highest BCUT2D eigenvalue weighted by Gasteiger charge is 2.27. The standard InChI is InChI=1S/C18H25N3O3/c1-21(2)13-19-17(22)15-8-10-16(11-9-15)20-18(23)24-12-14-6-4-3-5-7-14/h3-7,13,15-16H,8-12H2,1-2H3,(H,20,23). The lowest BCUT2D eigenvalue weighted by atomic mass is 9.85. The SMILES string of the molecule is CN(C)C=NC(=O)C1CCC(NC(=O)OCc2ccccc2)CC1. The molecule has 1 N–H and O–H groups in total. The fraction of sp³-hybridized carbons (Fsp3) is 0.500. The highest BCUT2D eigenvalue weighted by atomic mass is 16.5. The molecular formula is C18H25N3O3. The molecule has 1 fully saturated rings. The Hall–Kier alpha value is -2.37. The molecule has 1 aromatic carbocycles. The topological polar surface area (TPSA) is 71.0 Å². The number of hydrogen-bond donors (Lipinski definition) is 1. The predicted molar refractivity (Wildman–Crippen MR) is 92.7 cm³/mol. The van der Waals surface area contributed by atoms with E-state index in [-0.39, 0.29) is 24.5 Å². The minimum atomic E-state index is -0.403. The van der Waals surface area contributed by atoms with Crippen molar-refractivity contribution in [2.24, 2.45) is 10.9 Å². The minimum Gasteiger partial charge on any atom is -0.445 e. The Bertz CT molecular complexity index is 564. The van der Waals surface area contributed by atoms with Gasteiger partial charge in [-0.3, -0.25) is 4.79 Å². The van der Waals surface area contributed by atoms with E-state index in [0.29, 0.717) is 0 Å². The van der Waals surface area contributed by atoms with E-state index in [9.17, 15) is 9.59 Å². The van der Waals surface area contributed by atoms with Crippen LogP contribution in [0, 0.1) is 5.92 Å². The van der Waals surface area contributed by atoms with Crippen LogP contribution in [0.2, 0.25) is 0 Å². The summed E-state index contributed by atoms with van der Waals surface area (Å²) in [7, 11) is 3.66. The molecule has 2 amide bonds. The van der Waals surface area contributed by atoms with E-state index >= 15 is 0 Å². The number of hydrogen-bond acceptors (Lipinski definition) is 3. The van der Waals surface area contributed by atoms with Crippen LogP contribution in [-0.2, 0) is 16.1 Å². The van der Waals surface area contributed by atoms with Gasteiger partial charge in [0.25, 0.3) is 0 Å². The zero-order valence-corrected chi connectivity index (χ0v) is 14.3. The molecule has 1 aliphatic rings. The Labute approximate surface area is 142 Å². The Kier molecular flexibility index (Phi) is 6.78. The zero-order chi connectivity index (χ0) is 17.4. The van der Waals surface area contributed by atoms with Gasteiger partial charge >= 0.3 is 6.09 Å². The molecule has 0 saturated heterocycles. The Balaban J connectivity index is 1.69. The molecule has 1 saturated carbocycles. The van der Waals surface area contributed by atoms with Gasteiger partial charge in [-0.15, -0.1) is 0 Å². The van der Waals surface area contributed by atoms with E-state index in [1.807, 2.05) is 44.4 Å². The molecule has 0 aliphatic heterocycles. The van der Waals surface area contributed by atoms with Gasteiger partial charge in [-0.1, -0.05) is 30.3 Å². The molecule has 24 heavy (non-hydrogen) atoms. The van der Waals surface area contributed by atoms with E-state index in [2.05, 4.69) is 10.3 Å². The number of benzene rings is 1. The largest absolute Gasteiger partial charge is 0.445 e. The van der Waals surface area contributed by atoms with Crippen LogP contribution in [0.25, 0.3) is 0 Å². The van der Waals surface area contributed by atoms with Crippen LogP contribution in [-0.4, -0.2) is 43.4 Å². The van der Waals surface area contributed by atoms with Crippen LogP contribution in [0.3, 0.4) is 0 Å². The molecule has 0 spiro atoms. The second-order valence-electron chi connectivity index (χ2n) is 6.30. The monoisotopic (exact) mass is 331 g/mol. The van der Waals surface area contributed by atoms with Gasteiger partial charge in [0.05, 0.1) is 6.34 Å². The number of nitrogens with zero attached hydrogens (tertiary/aromatic N) is 2. The van der Waals surface area contributed by atoms with Crippen molar-refractivity contribution in [2.45, 2.75) is 38.3 Å². The van der Waals surface area contributed by atoms with Gasteiger partial charge in [-0.2, -0.15) is 0 Å². The van der Waals surface area contributed by atoms with E-state index in [0.717, 1.165) is 31.2 Å². The van der Waals surface area contributed by atoms with Crippen molar-refractivity contribution in [1.29, 1.82) is 0 Å². The number of carbonyl (C=O) groups excluding carboxylic acids is 2. The molecule has 130 valence electrons. The number of ether oxygens (including phenoxy) is 1. The van der Waals surface area contributed by atoms with Crippen molar-refractivity contribution < 1.29 is 14.3 Å². The number of nitrogens with one attached hydrogen (secondary N) is 1. The maximum atomic E-state index is 12.0. The average Bonchev–Trinajstić information content (AvgIpc) is 2.59. The number of rotatable bonds is 5. The maximum Gasteiger partial charge on any atom is 0.407 e. The van der Waals surface area contributed by atoms with Crippen LogP contribution < -0.4 is 5.32 Å². The van der Waals surface area contributed by atoms with Crippen molar-refractivity contribution in [3.8, 4) is 0 Å². The minimum absolute atomic E-state index is 0.0420. The Morgan fingerprint density at radius 3 is 2.50 bits per heavy atom. The van der Waals surface area contributed by atoms with Crippen LogP contribution >= 0.6 is 0 Å². The van der Waals surface area contributed by atoms with Crippen LogP contribution in [0.15, 0.2) is 35.3 Å². The quantitative estimate of drug-likeness (QED) is 0.665. The number of carbonyl (C=O) groups is 2. The lowest BCUT2D eigenvalue weighted by Gasteiger charge is -2.27. The molecule has 1 aliphatic carbocycles. The molecule has 6 heteroatoms. The molecule has 0 bridgehead atoms. The first-order valence-corrected chi connectivity index (χ1v) is 8.26. The molecule has 2 rings (SSSR count). The maximum absolute atomic E-state index is 12.0. The van der Waals surface area contributed by atoms with Crippen molar-refractivity contribution in [1.82, 2.24) is 10.2 Å². The Morgan fingerprint density at radius 2 is 1.88 bits per heavy atom. The molecule has 6 nitrogen and oxygen atoms in total. The fourth-order valence-corrected chi connectivity index (χ4v) is 2.69. The Morgan fingerprint density at radius 1 is 1.21 bits per heavy atom.